The highest BCUT2D eigenvalue weighted by molar-refractivity contribution is 14.0. The largest absolute Gasteiger partial charge is 0.376 e. The van der Waals surface area contributed by atoms with Crippen LogP contribution in [0.4, 0.5) is 0 Å². The predicted molar refractivity (Wildman–Crippen MR) is 130 cm³/mol. The molecule has 1 aromatic heterocycles. The van der Waals surface area contributed by atoms with Crippen molar-refractivity contribution in [1.29, 1.82) is 0 Å². The first-order valence-electron chi connectivity index (χ1n) is 10.7. The monoisotopic (exact) mass is 567 g/mol. The molecular formula is C20H34IN5O4S. The van der Waals surface area contributed by atoms with Crippen LogP contribution in [-0.4, -0.2) is 82.9 Å². The summed E-state index contributed by atoms with van der Waals surface area (Å²) in [5.74, 6) is 0.782. The number of halogens is 1. The van der Waals surface area contributed by atoms with Crippen molar-refractivity contribution >= 4 is 40.0 Å². The van der Waals surface area contributed by atoms with Crippen LogP contribution in [0.1, 0.15) is 32.1 Å². The molecule has 0 aliphatic carbocycles. The Morgan fingerprint density at radius 2 is 2.10 bits per heavy atom. The molecule has 0 amide bonds. The smallest absolute Gasteiger partial charge is 0.242 e. The normalized spacial score (nSPS) is 20.9. The van der Waals surface area contributed by atoms with E-state index in [9.17, 15) is 8.42 Å². The fourth-order valence-corrected chi connectivity index (χ4v) is 4.69. The average molecular weight is 567 g/mol. The predicted octanol–water partition coefficient (Wildman–Crippen LogP) is 1.60. The molecule has 176 valence electrons. The molecule has 1 aromatic rings. The second kappa shape index (κ2) is 13.5. The van der Waals surface area contributed by atoms with E-state index in [4.69, 9.17) is 9.47 Å². The lowest BCUT2D eigenvalue weighted by molar-refractivity contribution is -0.0721. The number of nitrogens with one attached hydrogen (secondary N) is 2. The quantitative estimate of drug-likeness (QED) is 0.213. The maximum Gasteiger partial charge on any atom is 0.242 e. The molecule has 2 saturated heterocycles. The van der Waals surface area contributed by atoms with E-state index in [1.165, 1.54) is 18.7 Å². The number of rotatable bonds is 8. The van der Waals surface area contributed by atoms with Crippen molar-refractivity contribution in [2.45, 2.75) is 49.2 Å². The molecule has 3 heterocycles. The lowest BCUT2D eigenvalue weighted by Crippen LogP contribution is -2.48. The number of nitrogens with zero attached hydrogens (tertiary/aromatic N) is 3. The highest BCUT2D eigenvalue weighted by Crippen LogP contribution is 2.18. The fraction of sp³-hybridized carbons (Fsp3) is 0.700. The third-order valence-electron chi connectivity index (χ3n) is 5.39. The van der Waals surface area contributed by atoms with E-state index in [0.29, 0.717) is 13.2 Å². The van der Waals surface area contributed by atoms with E-state index in [0.717, 1.165) is 51.3 Å². The maximum atomic E-state index is 12.2. The Labute approximate surface area is 202 Å². The topological polar surface area (TPSA) is 105 Å². The minimum absolute atomic E-state index is 0. The first-order valence-corrected chi connectivity index (χ1v) is 12.2. The van der Waals surface area contributed by atoms with Crippen molar-refractivity contribution in [3.63, 3.8) is 0 Å². The van der Waals surface area contributed by atoms with E-state index in [1.54, 1.807) is 19.3 Å². The van der Waals surface area contributed by atoms with Gasteiger partial charge in [0.15, 0.2) is 5.96 Å². The molecule has 0 spiro atoms. The molecule has 31 heavy (non-hydrogen) atoms. The molecular weight excluding hydrogens is 533 g/mol. The SMILES string of the molecule is CN=C(NCCNS(=O)(=O)c1cccnc1)N1CCC(OCC2CCCCO2)CC1.I. The van der Waals surface area contributed by atoms with Crippen molar-refractivity contribution in [2.75, 3.05) is 46.4 Å². The van der Waals surface area contributed by atoms with Gasteiger partial charge in [0, 0.05) is 52.2 Å². The standard InChI is InChI=1S/C20H33N5O4S.HI/c1-21-20(23-10-11-24-30(26,27)19-6-4-9-22-15-19)25-12-7-17(8-13-25)29-16-18-5-2-3-14-28-18;/h4,6,9,15,17-18,24H,2-3,5,7-8,10-14,16H2,1H3,(H,21,23);1H. The van der Waals surface area contributed by atoms with Gasteiger partial charge in [-0.05, 0) is 44.2 Å². The summed E-state index contributed by atoms with van der Waals surface area (Å²) in [6.45, 7) is 3.97. The van der Waals surface area contributed by atoms with Gasteiger partial charge in [-0.3, -0.25) is 9.98 Å². The van der Waals surface area contributed by atoms with Gasteiger partial charge >= 0.3 is 0 Å². The number of sulfonamides is 1. The zero-order chi connectivity index (χ0) is 21.2. The van der Waals surface area contributed by atoms with Gasteiger partial charge in [-0.2, -0.15) is 0 Å². The summed E-state index contributed by atoms with van der Waals surface area (Å²) in [6.07, 6.45) is 8.77. The Balaban J connectivity index is 0.00000341. The number of aliphatic imine (C=N–C) groups is 1. The minimum atomic E-state index is -3.55. The fourth-order valence-electron chi connectivity index (χ4n) is 3.70. The molecule has 0 bridgehead atoms. The second-order valence-corrected chi connectivity index (χ2v) is 9.34. The van der Waals surface area contributed by atoms with E-state index in [2.05, 4.69) is 24.9 Å². The van der Waals surface area contributed by atoms with Gasteiger partial charge in [-0.1, -0.05) is 0 Å². The van der Waals surface area contributed by atoms with Gasteiger partial charge in [-0.25, -0.2) is 13.1 Å². The van der Waals surface area contributed by atoms with Crippen LogP contribution < -0.4 is 10.0 Å². The number of piperidine rings is 1. The van der Waals surface area contributed by atoms with Crippen molar-refractivity contribution < 1.29 is 17.9 Å². The molecule has 0 saturated carbocycles. The summed E-state index contributed by atoms with van der Waals surface area (Å²) < 4.78 is 38.8. The summed E-state index contributed by atoms with van der Waals surface area (Å²) in [7, 11) is -1.80. The molecule has 2 aliphatic heterocycles. The molecule has 2 fully saturated rings. The number of hydrogen-bond donors (Lipinski definition) is 2. The van der Waals surface area contributed by atoms with Crippen molar-refractivity contribution in [1.82, 2.24) is 19.9 Å². The van der Waals surface area contributed by atoms with Crippen LogP contribution in [-0.2, 0) is 19.5 Å². The summed E-state index contributed by atoms with van der Waals surface area (Å²) >= 11 is 0. The van der Waals surface area contributed by atoms with Gasteiger partial charge < -0.3 is 19.7 Å². The lowest BCUT2D eigenvalue weighted by Gasteiger charge is -2.35. The number of guanidine groups is 1. The molecule has 1 unspecified atom stereocenters. The summed E-state index contributed by atoms with van der Waals surface area (Å²) in [5, 5.41) is 3.23. The third kappa shape index (κ3) is 8.44. The zero-order valence-corrected chi connectivity index (χ0v) is 21.2. The Hall–Kier alpha value is -1.02. The molecule has 0 radical (unpaired) electrons. The van der Waals surface area contributed by atoms with Crippen LogP contribution in [0.15, 0.2) is 34.4 Å². The number of pyridine rings is 1. The molecule has 1 atom stereocenters. The van der Waals surface area contributed by atoms with Crippen LogP contribution in [0.5, 0.6) is 0 Å². The Kier molecular flexibility index (Phi) is 11.4. The van der Waals surface area contributed by atoms with Crippen LogP contribution in [0.3, 0.4) is 0 Å². The first kappa shape index (κ1) is 26.2. The van der Waals surface area contributed by atoms with E-state index in [1.807, 2.05) is 0 Å². The van der Waals surface area contributed by atoms with Gasteiger partial charge in [0.05, 0.1) is 18.8 Å². The summed E-state index contributed by atoms with van der Waals surface area (Å²) in [4.78, 5) is 10.5. The second-order valence-electron chi connectivity index (χ2n) is 7.57. The molecule has 11 heteroatoms. The Morgan fingerprint density at radius 3 is 2.74 bits per heavy atom. The molecule has 9 nitrogen and oxygen atoms in total. The molecule has 2 N–H and O–H groups in total. The van der Waals surface area contributed by atoms with Gasteiger partial charge in [0.1, 0.15) is 4.90 Å². The summed E-state index contributed by atoms with van der Waals surface area (Å²) in [5.41, 5.74) is 0. The lowest BCUT2D eigenvalue weighted by atomic mass is 10.1. The minimum Gasteiger partial charge on any atom is -0.376 e. The van der Waals surface area contributed by atoms with Crippen LogP contribution in [0, 0.1) is 0 Å². The molecule has 0 aromatic carbocycles. The van der Waals surface area contributed by atoms with Crippen LogP contribution in [0.2, 0.25) is 0 Å². The Morgan fingerprint density at radius 1 is 1.29 bits per heavy atom. The Bertz CT molecular complexity index is 767. The highest BCUT2D eigenvalue weighted by Gasteiger charge is 2.23. The third-order valence-corrected chi connectivity index (χ3v) is 6.84. The van der Waals surface area contributed by atoms with Gasteiger partial charge in [-0.15, -0.1) is 24.0 Å². The van der Waals surface area contributed by atoms with Crippen LogP contribution >= 0.6 is 24.0 Å². The number of ether oxygens (including phenoxy) is 2. The van der Waals surface area contributed by atoms with Crippen molar-refractivity contribution in [2.24, 2.45) is 4.99 Å². The van der Waals surface area contributed by atoms with Gasteiger partial charge in [0.2, 0.25) is 10.0 Å². The first-order chi connectivity index (χ1) is 14.6. The maximum absolute atomic E-state index is 12.2. The summed E-state index contributed by atoms with van der Waals surface area (Å²) in [6, 6.07) is 3.12. The van der Waals surface area contributed by atoms with Crippen LogP contribution in [0.25, 0.3) is 0 Å². The molecule has 2 aliphatic rings. The average Bonchev–Trinajstić information content (AvgIpc) is 2.79. The number of aromatic nitrogens is 1. The van der Waals surface area contributed by atoms with E-state index >= 15 is 0 Å². The zero-order valence-electron chi connectivity index (χ0n) is 18.0. The number of likely N-dealkylation sites (tertiary alicyclic amines) is 1. The van der Waals surface area contributed by atoms with Crippen molar-refractivity contribution in [3.8, 4) is 0 Å². The molecule has 3 rings (SSSR count). The highest BCUT2D eigenvalue weighted by atomic mass is 127. The van der Waals surface area contributed by atoms with E-state index < -0.39 is 10.0 Å². The van der Waals surface area contributed by atoms with Crippen molar-refractivity contribution in [3.05, 3.63) is 24.5 Å². The number of hydrogen-bond acceptors (Lipinski definition) is 6. The van der Waals surface area contributed by atoms with E-state index in [-0.39, 0.29) is 47.6 Å². The van der Waals surface area contributed by atoms with Gasteiger partial charge in [0.25, 0.3) is 0 Å².